The van der Waals surface area contributed by atoms with E-state index in [1.54, 1.807) is 41.1 Å². The number of benzene rings is 1. The Morgan fingerprint density at radius 1 is 1.39 bits per heavy atom. The average molecular weight is 427 g/mol. The Morgan fingerprint density at radius 3 is 2.90 bits per heavy atom. The highest BCUT2D eigenvalue weighted by Crippen LogP contribution is 2.29. The SMILES string of the molecule is C.CC(=O)NC[C@H]1CN(c2ccc(-c3ccc4nc(C=NO)cn4c3)c(F)c2)C(=O)O1. The lowest BCUT2D eigenvalue weighted by Crippen LogP contribution is -2.33. The normalized spacial score (nSPS) is 15.9. The second-order valence-corrected chi connectivity index (χ2v) is 6.81. The van der Waals surface area contributed by atoms with Gasteiger partial charge in [0.25, 0.3) is 0 Å². The molecule has 0 aliphatic carbocycles. The highest BCUT2D eigenvalue weighted by Gasteiger charge is 2.32. The Hall–Kier alpha value is -3.95. The van der Waals surface area contributed by atoms with Gasteiger partial charge in [0, 0.05) is 30.4 Å². The fourth-order valence-corrected chi connectivity index (χ4v) is 3.29. The summed E-state index contributed by atoms with van der Waals surface area (Å²) in [6.07, 6.45) is 3.49. The molecule has 2 aromatic heterocycles. The second kappa shape index (κ2) is 8.82. The molecule has 0 bridgehead atoms. The van der Waals surface area contributed by atoms with E-state index in [0.29, 0.717) is 28.2 Å². The maximum atomic E-state index is 14.9. The minimum Gasteiger partial charge on any atom is -0.442 e. The van der Waals surface area contributed by atoms with Crippen LogP contribution in [-0.4, -0.2) is 52.0 Å². The molecule has 10 heteroatoms. The summed E-state index contributed by atoms with van der Waals surface area (Å²) in [5, 5.41) is 14.2. The third-order valence-corrected chi connectivity index (χ3v) is 4.69. The van der Waals surface area contributed by atoms with E-state index in [9.17, 15) is 14.0 Å². The number of amides is 2. The number of ether oxygens (including phenoxy) is 1. The Bertz CT molecular complexity index is 1160. The van der Waals surface area contributed by atoms with Crippen LogP contribution >= 0.6 is 0 Å². The number of halogens is 1. The minimum atomic E-state index is -0.588. The van der Waals surface area contributed by atoms with Gasteiger partial charge in [0.1, 0.15) is 23.3 Å². The monoisotopic (exact) mass is 427 g/mol. The number of carbonyl (C=O) groups is 2. The van der Waals surface area contributed by atoms with Crippen LogP contribution in [0.2, 0.25) is 0 Å². The van der Waals surface area contributed by atoms with Gasteiger partial charge in [-0.2, -0.15) is 0 Å². The molecule has 1 aromatic carbocycles. The molecule has 0 radical (unpaired) electrons. The van der Waals surface area contributed by atoms with E-state index in [2.05, 4.69) is 15.5 Å². The van der Waals surface area contributed by atoms with E-state index < -0.39 is 18.0 Å². The van der Waals surface area contributed by atoms with Crippen molar-refractivity contribution < 1.29 is 23.9 Å². The summed E-state index contributed by atoms with van der Waals surface area (Å²) in [5.74, 6) is -0.715. The van der Waals surface area contributed by atoms with Crippen LogP contribution in [0.25, 0.3) is 16.8 Å². The number of oxime groups is 1. The first-order valence-corrected chi connectivity index (χ1v) is 9.13. The molecule has 1 aliphatic rings. The first-order chi connectivity index (χ1) is 14.4. The number of rotatable bonds is 5. The molecular formula is C21H22FN5O4. The fourth-order valence-electron chi connectivity index (χ4n) is 3.29. The predicted octanol–water partition coefficient (Wildman–Crippen LogP) is 3.05. The van der Waals surface area contributed by atoms with Crippen molar-refractivity contribution >= 4 is 29.5 Å². The van der Waals surface area contributed by atoms with Crippen molar-refractivity contribution in [3.8, 4) is 11.1 Å². The summed E-state index contributed by atoms with van der Waals surface area (Å²) in [5.41, 5.74) is 2.43. The molecule has 1 aliphatic heterocycles. The lowest BCUT2D eigenvalue weighted by Gasteiger charge is -2.14. The number of cyclic esters (lactones) is 1. The zero-order valence-corrected chi connectivity index (χ0v) is 15.9. The van der Waals surface area contributed by atoms with Gasteiger partial charge in [-0.1, -0.05) is 12.6 Å². The molecule has 4 rings (SSSR count). The lowest BCUT2D eigenvalue weighted by molar-refractivity contribution is -0.119. The van der Waals surface area contributed by atoms with Crippen LogP contribution in [-0.2, 0) is 9.53 Å². The number of carbonyl (C=O) groups excluding carboxylic acids is 2. The molecule has 3 aromatic rings. The zero-order chi connectivity index (χ0) is 21.3. The molecular weight excluding hydrogens is 405 g/mol. The van der Waals surface area contributed by atoms with Crippen molar-refractivity contribution in [3.05, 3.63) is 54.2 Å². The van der Waals surface area contributed by atoms with Crippen LogP contribution < -0.4 is 10.2 Å². The molecule has 0 spiro atoms. The van der Waals surface area contributed by atoms with Crippen LogP contribution in [0.3, 0.4) is 0 Å². The van der Waals surface area contributed by atoms with Crippen LogP contribution in [0, 0.1) is 5.82 Å². The van der Waals surface area contributed by atoms with Crippen LogP contribution in [0.15, 0.2) is 47.9 Å². The maximum Gasteiger partial charge on any atom is 0.414 e. The van der Waals surface area contributed by atoms with Crippen molar-refractivity contribution in [2.24, 2.45) is 5.16 Å². The van der Waals surface area contributed by atoms with Gasteiger partial charge in [0.15, 0.2) is 0 Å². The van der Waals surface area contributed by atoms with Gasteiger partial charge in [-0.05, 0) is 30.3 Å². The van der Waals surface area contributed by atoms with E-state index >= 15 is 0 Å². The summed E-state index contributed by atoms with van der Waals surface area (Å²) >= 11 is 0. The number of fused-ring (bicyclic) bond motifs is 1. The number of aromatic nitrogens is 2. The van der Waals surface area contributed by atoms with Crippen molar-refractivity contribution in [3.63, 3.8) is 0 Å². The summed E-state index contributed by atoms with van der Waals surface area (Å²) < 4.78 is 21.8. The van der Waals surface area contributed by atoms with Crippen molar-refractivity contribution in [1.29, 1.82) is 0 Å². The van der Waals surface area contributed by atoms with E-state index in [-0.39, 0.29) is 26.4 Å². The number of imidazole rings is 1. The molecule has 0 saturated carbocycles. The Labute approximate surface area is 177 Å². The minimum absolute atomic E-state index is 0. The summed E-state index contributed by atoms with van der Waals surface area (Å²) in [6, 6.07) is 7.96. The Balaban J connectivity index is 0.00000272. The highest BCUT2D eigenvalue weighted by atomic mass is 19.1. The van der Waals surface area contributed by atoms with E-state index in [4.69, 9.17) is 9.94 Å². The van der Waals surface area contributed by atoms with Crippen molar-refractivity contribution in [2.75, 3.05) is 18.0 Å². The molecule has 2 N–H and O–H groups in total. The zero-order valence-electron chi connectivity index (χ0n) is 15.9. The summed E-state index contributed by atoms with van der Waals surface area (Å²) in [4.78, 5) is 28.7. The number of hydrogen-bond acceptors (Lipinski definition) is 6. The van der Waals surface area contributed by atoms with Crippen molar-refractivity contribution in [2.45, 2.75) is 20.5 Å². The van der Waals surface area contributed by atoms with Gasteiger partial charge >= 0.3 is 6.09 Å². The van der Waals surface area contributed by atoms with Crippen LogP contribution in [0.5, 0.6) is 0 Å². The smallest absolute Gasteiger partial charge is 0.414 e. The number of hydrogen-bond donors (Lipinski definition) is 2. The molecule has 1 saturated heterocycles. The van der Waals surface area contributed by atoms with E-state index in [1.165, 1.54) is 24.1 Å². The largest absolute Gasteiger partial charge is 0.442 e. The fraction of sp³-hybridized carbons (Fsp3) is 0.238. The first kappa shape index (κ1) is 21.8. The standard InChI is InChI=1S/C20H18FN5O4.CH4/c1-12(27)22-8-16-11-26(20(28)30-16)15-3-4-17(18(21)6-15)13-2-5-19-24-14(7-23-29)10-25(19)9-13;/h2-7,9-10,16,29H,8,11H2,1H3,(H,22,27);1H4/t16-;/m0./s1. The number of nitrogens with one attached hydrogen (secondary N) is 1. The van der Waals surface area contributed by atoms with Crippen molar-refractivity contribution in [1.82, 2.24) is 14.7 Å². The third kappa shape index (κ3) is 4.47. The lowest BCUT2D eigenvalue weighted by atomic mass is 10.1. The Morgan fingerprint density at radius 2 is 2.19 bits per heavy atom. The topological polar surface area (TPSA) is 109 Å². The summed E-state index contributed by atoms with van der Waals surface area (Å²) in [7, 11) is 0. The molecule has 2 amide bonds. The second-order valence-electron chi connectivity index (χ2n) is 6.81. The molecule has 162 valence electrons. The summed E-state index contributed by atoms with van der Waals surface area (Å²) in [6.45, 7) is 1.80. The van der Waals surface area contributed by atoms with Gasteiger partial charge in [0.2, 0.25) is 5.91 Å². The average Bonchev–Trinajstić information content (AvgIpc) is 3.28. The van der Waals surface area contributed by atoms with E-state index in [0.717, 1.165) is 0 Å². The molecule has 3 heterocycles. The van der Waals surface area contributed by atoms with Gasteiger partial charge in [-0.3, -0.25) is 9.69 Å². The van der Waals surface area contributed by atoms with Crippen LogP contribution in [0.4, 0.5) is 14.9 Å². The van der Waals surface area contributed by atoms with Crippen LogP contribution in [0.1, 0.15) is 20.0 Å². The quantitative estimate of drug-likeness (QED) is 0.370. The molecule has 9 nitrogen and oxygen atoms in total. The number of pyridine rings is 1. The molecule has 1 atom stereocenters. The van der Waals surface area contributed by atoms with Gasteiger partial charge in [-0.15, -0.1) is 0 Å². The molecule has 0 unspecified atom stereocenters. The van der Waals surface area contributed by atoms with Gasteiger partial charge < -0.3 is 19.7 Å². The predicted molar refractivity (Wildman–Crippen MR) is 113 cm³/mol. The molecule has 31 heavy (non-hydrogen) atoms. The van der Waals surface area contributed by atoms with Gasteiger partial charge in [0.05, 0.1) is 25.0 Å². The highest BCUT2D eigenvalue weighted by molar-refractivity contribution is 5.90. The third-order valence-electron chi connectivity index (χ3n) is 4.69. The Kier molecular flexibility index (Phi) is 6.19. The van der Waals surface area contributed by atoms with E-state index in [1.807, 2.05) is 0 Å². The molecule has 1 fully saturated rings. The van der Waals surface area contributed by atoms with Gasteiger partial charge in [-0.25, -0.2) is 14.2 Å². The maximum absolute atomic E-state index is 14.9. The number of nitrogens with zero attached hydrogens (tertiary/aromatic N) is 4. The first-order valence-electron chi connectivity index (χ1n) is 9.13. The number of anilines is 1.